The number of hydrogen-bond acceptors (Lipinski definition) is 3. The molecule has 0 spiro atoms. The second-order valence-electron chi connectivity index (χ2n) is 6.07. The van der Waals surface area contributed by atoms with Crippen molar-refractivity contribution in [2.24, 2.45) is 10.9 Å². The van der Waals surface area contributed by atoms with Crippen LogP contribution in [0.4, 0.5) is 5.69 Å². The number of amidine groups is 1. The molecule has 1 aliphatic heterocycles. The van der Waals surface area contributed by atoms with Crippen LogP contribution in [0.3, 0.4) is 0 Å². The normalized spacial score (nSPS) is 25.7. The number of aliphatic imine (C=N–C) groups is 1. The number of thioether (sulfide) groups is 1. The van der Waals surface area contributed by atoms with Gasteiger partial charge in [-0.15, -0.1) is 0 Å². The van der Waals surface area contributed by atoms with Gasteiger partial charge in [0.05, 0.1) is 5.92 Å². The fourth-order valence-electron chi connectivity index (χ4n) is 3.37. The first kappa shape index (κ1) is 15.6. The Morgan fingerprint density at radius 3 is 2.59 bits per heavy atom. The average molecular weight is 316 g/mol. The van der Waals surface area contributed by atoms with E-state index in [1.165, 1.54) is 25.7 Å². The molecule has 1 heterocycles. The molecule has 0 saturated heterocycles. The maximum atomic E-state index is 12.5. The molecule has 1 aliphatic carbocycles. The molecule has 2 aliphatic rings. The van der Waals surface area contributed by atoms with Gasteiger partial charge < -0.3 is 4.90 Å². The molecule has 3 rings (SSSR count). The van der Waals surface area contributed by atoms with E-state index < -0.39 is 0 Å². The van der Waals surface area contributed by atoms with Gasteiger partial charge in [-0.25, -0.2) is 0 Å². The summed E-state index contributed by atoms with van der Waals surface area (Å²) in [5, 5.41) is 1.30. The second-order valence-corrected chi connectivity index (χ2v) is 7.27. The molecule has 118 valence electrons. The van der Waals surface area contributed by atoms with Crippen LogP contribution < -0.4 is 4.90 Å². The maximum absolute atomic E-state index is 12.5. The van der Waals surface area contributed by atoms with Gasteiger partial charge in [0.25, 0.3) is 5.91 Å². The SMILES string of the molecule is CCN(C1=NC(=O)C2CCCCCCC2S1)c1ccccc1. The van der Waals surface area contributed by atoms with Crippen LogP contribution in [0.15, 0.2) is 35.3 Å². The van der Waals surface area contributed by atoms with E-state index in [4.69, 9.17) is 0 Å². The summed E-state index contributed by atoms with van der Waals surface area (Å²) in [6.45, 7) is 2.95. The van der Waals surface area contributed by atoms with Gasteiger partial charge in [0.1, 0.15) is 0 Å². The van der Waals surface area contributed by atoms with E-state index in [1.807, 2.05) is 30.0 Å². The molecule has 4 heteroatoms. The highest BCUT2D eigenvalue weighted by molar-refractivity contribution is 8.14. The Bertz CT molecular complexity index is 543. The predicted molar refractivity (Wildman–Crippen MR) is 94.5 cm³/mol. The summed E-state index contributed by atoms with van der Waals surface area (Å²) in [6.07, 6.45) is 7.15. The van der Waals surface area contributed by atoms with E-state index in [1.54, 1.807) is 0 Å². The standard InChI is InChI=1S/C18H24N2OS/c1-2-20(14-10-6-5-7-11-14)18-19-17(21)15-12-8-3-4-9-13-16(15)22-18/h5-7,10-11,15-16H,2-4,8-9,12-13H2,1H3. The van der Waals surface area contributed by atoms with Gasteiger partial charge in [-0.3, -0.25) is 4.79 Å². The van der Waals surface area contributed by atoms with Crippen molar-refractivity contribution in [1.29, 1.82) is 0 Å². The largest absolute Gasteiger partial charge is 0.321 e. The molecule has 1 amide bonds. The number of fused-ring (bicyclic) bond motifs is 1. The number of carbonyl (C=O) groups is 1. The molecule has 1 saturated carbocycles. The Hall–Kier alpha value is -1.29. The molecule has 2 atom stereocenters. The summed E-state index contributed by atoms with van der Waals surface area (Å²) in [4.78, 5) is 19.1. The summed E-state index contributed by atoms with van der Waals surface area (Å²) in [6, 6.07) is 10.3. The fourth-order valence-corrected chi connectivity index (χ4v) is 4.85. The third kappa shape index (κ3) is 3.37. The Balaban J connectivity index is 1.84. The van der Waals surface area contributed by atoms with Crippen molar-refractivity contribution in [2.75, 3.05) is 11.4 Å². The van der Waals surface area contributed by atoms with Gasteiger partial charge in [-0.05, 0) is 31.9 Å². The van der Waals surface area contributed by atoms with Crippen LogP contribution in [-0.2, 0) is 4.79 Å². The van der Waals surface area contributed by atoms with Gasteiger partial charge in [0.2, 0.25) is 0 Å². The molecule has 1 fully saturated rings. The lowest BCUT2D eigenvalue weighted by Crippen LogP contribution is -2.38. The lowest BCUT2D eigenvalue weighted by molar-refractivity contribution is -0.122. The monoisotopic (exact) mass is 316 g/mol. The zero-order chi connectivity index (χ0) is 15.4. The van der Waals surface area contributed by atoms with Crippen LogP contribution in [0.1, 0.15) is 45.4 Å². The molecule has 1 aromatic carbocycles. The van der Waals surface area contributed by atoms with E-state index in [0.29, 0.717) is 5.25 Å². The Labute approximate surface area is 137 Å². The minimum absolute atomic E-state index is 0.107. The average Bonchev–Trinajstić information content (AvgIpc) is 2.51. The van der Waals surface area contributed by atoms with Gasteiger partial charge in [0.15, 0.2) is 5.17 Å². The lowest BCUT2D eigenvalue weighted by Gasteiger charge is -2.34. The minimum Gasteiger partial charge on any atom is -0.321 e. The highest BCUT2D eigenvalue weighted by Gasteiger charge is 2.36. The second kappa shape index (κ2) is 7.32. The number of carbonyl (C=O) groups excluding carboxylic acids is 1. The zero-order valence-electron chi connectivity index (χ0n) is 13.2. The van der Waals surface area contributed by atoms with Gasteiger partial charge in [-0.1, -0.05) is 55.6 Å². The number of rotatable bonds is 2. The fraction of sp³-hybridized carbons (Fsp3) is 0.556. The van der Waals surface area contributed by atoms with Gasteiger partial charge in [-0.2, -0.15) is 4.99 Å². The van der Waals surface area contributed by atoms with Crippen LogP contribution in [0.25, 0.3) is 0 Å². The van der Waals surface area contributed by atoms with E-state index >= 15 is 0 Å². The molecular formula is C18H24N2OS. The molecule has 1 aromatic rings. The molecule has 3 nitrogen and oxygen atoms in total. The van der Waals surface area contributed by atoms with Crippen LogP contribution in [0.2, 0.25) is 0 Å². The van der Waals surface area contributed by atoms with Crippen molar-refractivity contribution in [3.05, 3.63) is 30.3 Å². The smallest absolute Gasteiger partial charge is 0.252 e. The predicted octanol–water partition coefficient (Wildman–Crippen LogP) is 4.48. The van der Waals surface area contributed by atoms with Gasteiger partial charge in [0, 0.05) is 17.5 Å². The third-order valence-electron chi connectivity index (χ3n) is 4.60. The highest BCUT2D eigenvalue weighted by Crippen LogP contribution is 2.38. The van der Waals surface area contributed by atoms with Crippen LogP contribution in [0.5, 0.6) is 0 Å². The summed E-state index contributed by atoms with van der Waals surface area (Å²) < 4.78 is 0. The van der Waals surface area contributed by atoms with Crippen molar-refractivity contribution >= 4 is 28.5 Å². The molecule has 0 bridgehead atoms. The quantitative estimate of drug-likeness (QED) is 0.806. The maximum Gasteiger partial charge on any atom is 0.252 e. The van der Waals surface area contributed by atoms with Gasteiger partial charge >= 0.3 is 0 Å². The topological polar surface area (TPSA) is 32.7 Å². The number of para-hydroxylation sites is 1. The summed E-state index contributed by atoms with van der Waals surface area (Å²) >= 11 is 1.82. The van der Waals surface area contributed by atoms with E-state index in [9.17, 15) is 4.79 Å². The molecule has 0 N–H and O–H groups in total. The number of nitrogens with zero attached hydrogens (tertiary/aromatic N) is 2. The van der Waals surface area contributed by atoms with Crippen molar-refractivity contribution in [1.82, 2.24) is 0 Å². The van der Waals surface area contributed by atoms with Crippen molar-refractivity contribution in [3.63, 3.8) is 0 Å². The third-order valence-corrected chi connectivity index (χ3v) is 5.99. The Morgan fingerprint density at radius 1 is 1.14 bits per heavy atom. The number of amides is 1. The summed E-state index contributed by atoms with van der Waals surface area (Å²) in [5.41, 5.74) is 1.12. The van der Waals surface area contributed by atoms with E-state index in [2.05, 4.69) is 28.9 Å². The molecule has 0 radical (unpaired) electrons. The summed E-state index contributed by atoms with van der Waals surface area (Å²) in [5.74, 6) is 0.249. The first-order valence-electron chi connectivity index (χ1n) is 8.41. The molecule has 22 heavy (non-hydrogen) atoms. The molecule has 0 aromatic heterocycles. The first-order valence-corrected chi connectivity index (χ1v) is 9.29. The van der Waals surface area contributed by atoms with Crippen molar-refractivity contribution in [2.45, 2.75) is 50.7 Å². The van der Waals surface area contributed by atoms with Crippen LogP contribution >= 0.6 is 11.8 Å². The Kier molecular flexibility index (Phi) is 5.19. The van der Waals surface area contributed by atoms with E-state index in [0.717, 1.165) is 30.2 Å². The summed E-state index contributed by atoms with van der Waals surface area (Å²) in [7, 11) is 0. The Morgan fingerprint density at radius 2 is 1.86 bits per heavy atom. The zero-order valence-corrected chi connectivity index (χ0v) is 14.0. The number of benzene rings is 1. The van der Waals surface area contributed by atoms with Crippen LogP contribution in [0, 0.1) is 5.92 Å². The van der Waals surface area contributed by atoms with Crippen molar-refractivity contribution in [3.8, 4) is 0 Å². The molecule has 2 unspecified atom stereocenters. The number of hydrogen-bond donors (Lipinski definition) is 0. The first-order chi connectivity index (χ1) is 10.8. The van der Waals surface area contributed by atoms with E-state index in [-0.39, 0.29) is 11.8 Å². The number of anilines is 1. The van der Waals surface area contributed by atoms with Crippen molar-refractivity contribution < 1.29 is 4.79 Å². The highest BCUT2D eigenvalue weighted by atomic mass is 32.2. The molecular weight excluding hydrogens is 292 g/mol. The minimum atomic E-state index is 0.107. The lowest BCUT2D eigenvalue weighted by atomic mass is 9.90. The van der Waals surface area contributed by atoms with Crippen LogP contribution in [-0.4, -0.2) is 22.9 Å².